The van der Waals surface area contributed by atoms with Gasteiger partial charge in [-0.05, 0) is 43.5 Å². The second-order valence-corrected chi connectivity index (χ2v) is 7.25. The molecule has 162 valence electrons. The van der Waals surface area contributed by atoms with E-state index in [1.807, 2.05) is 31.2 Å². The lowest BCUT2D eigenvalue weighted by atomic mass is 9.91. The molecule has 0 bridgehead atoms. The predicted molar refractivity (Wildman–Crippen MR) is 133 cm³/mol. The molecule has 1 unspecified atom stereocenters. The zero-order valence-corrected chi connectivity index (χ0v) is 20.2. The smallest absolute Gasteiger partial charge is 0.225 e. The van der Waals surface area contributed by atoms with Crippen molar-refractivity contribution >= 4 is 41.5 Å². The average molecular weight is 522 g/mol. The molecule has 6 nitrogen and oxygen atoms in total. The Labute approximate surface area is 195 Å². The van der Waals surface area contributed by atoms with Gasteiger partial charge in [-0.15, -0.1) is 24.0 Å². The van der Waals surface area contributed by atoms with Gasteiger partial charge in [0.2, 0.25) is 5.91 Å². The van der Waals surface area contributed by atoms with Gasteiger partial charge in [-0.3, -0.25) is 9.79 Å². The minimum absolute atomic E-state index is 0. The van der Waals surface area contributed by atoms with Crippen molar-refractivity contribution in [3.05, 3.63) is 59.2 Å². The molecule has 1 aliphatic rings. The molecular weight excluding hydrogens is 491 g/mol. The van der Waals surface area contributed by atoms with E-state index in [2.05, 4.69) is 48.0 Å². The van der Waals surface area contributed by atoms with Crippen molar-refractivity contribution in [3.63, 3.8) is 0 Å². The Kier molecular flexibility index (Phi) is 9.42. The molecule has 0 radical (unpaired) electrons. The summed E-state index contributed by atoms with van der Waals surface area (Å²) in [5.41, 5.74) is 4.31. The highest BCUT2D eigenvalue weighted by Crippen LogP contribution is 2.32. The maximum Gasteiger partial charge on any atom is 0.225 e. The topological polar surface area (TPSA) is 74.8 Å². The minimum Gasteiger partial charge on any atom is -0.491 e. The molecule has 1 aliphatic heterocycles. The Hall–Kier alpha value is -2.29. The quantitative estimate of drug-likeness (QED) is 0.223. The zero-order valence-electron chi connectivity index (χ0n) is 17.8. The van der Waals surface area contributed by atoms with Gasteiger partial charge in [0.1, 0.15) is 12.4 Å². The summed E-state index contributed by atoms with van der Waals surface area (Å²) >= 11 is 0. The largest absolute Gasteiger partial charge is 0.491 e. The minimum atomic E-state index is 0. The monoisotopic (exact) mass is 522 g/mol. The van der Waals surface area contributed by atoms with Crippen LogP contribution in [-0.4, -0.2) is 38.1 Å². The van der Waals surface area contributed by atoms with E-state index in [1.54, 1.807) is 0 Å². The Balaban J connectivity index is 0.00000320. The first kappa shape index (κ1) is 24.0. The summed E-state index contributed by atoms with van der Waals surface area (Å²) in [4.78, 5) is 16.7. The van der Waals surface area contributed by atoms with Crippen LogP contribution in [0.15, 0.2) is 47.5 Å². The normalized spacial score (nSPS) is 15.5. The molecule has 0 saturated carbocycles. The van der Waals surface area contributed by atoms with E-state index in [0.717, 1.165) is 40.6 Å². The highest BCUT2D eigenvalue weighted by Gasteiger charge is 2.24. The first-order valence-corrected chi connectivity index (χ1v) is 10.2. The Morgan fingerprint density at radius 1 is 1.13 bits per heavy atom. The molecule has 0 spiro atoms. The number of nitrogens with one attached hydrogen (secondary N) is 3. The van der Waals surface area contributed by atoms with Crippen LogP contribution in [0.5, 0.6) is 5.75 Å². The molecule has 0 aliphatic carbocycles. The summed E-state index contributed by atoms with van der Waals surface area (Å²) < 4.78 is 5.95. The molecule has 1 heterocycles. The van der Waals surface area contributed by atoms with Gasteiger partial charge < -0.3 is 20.7 Å². The SMILES string of the molecule is CCNC(=NCC1CC(=O)Nc2ccccc21)NCCOc1c(C)cccc1C.I. The lowest BCUT2D eigenvalue weighted by Gasteiger charge is -2.24. The number of ether oxygens (including phenoxy) is 1. The van der Waals surface area contributed by atoms with E-state index >= 15 is 0 Å². The number of nitrogens with zero attached hydrogens (tertiary/aromatic N) is 1. The van der Waals surface area contributed by atoms with Crippen molar-refractivity contribution in [2.75, 3.05) is 31.6 Å². The average Bonchev–Trinajstić information content (AvgIpc) is 2.70. The van der Waals surface area contributed by atoms with E-state index in [1.165, 1.54) is 0 Å². The zero-order chi connectivity index (χ0) is 20.6. The summed E-state index contributed by atoms with van der Waals surface area (Å²) in [6.45, 7) is 8.65. The third-order valence-electron chi connectivity index (χ3n) is 4.97. The fraction of sp³-hybridized carbons (Fsp3) is 0.391. The van der Waals surface area contributed by atoms with Gasteiger partial charge in [0.15, 0.2) is 5.96 Å². The third-order valence-corrected chi connectivity index (χ3v) is 4.97. The maximum absolute atomic E-state index is 12.0. The number of aliphatic imine (C=N–C) groups is 1. The number of para-hydroxylation sites is 2. The van der Waals surface area contributed by atoms with Crippen molar-refractivity contribution in [1.82, 2.24) is 10.6 Å². The second kappa shape index (κ2) is 11.8. The highest BCUT2D eigenvalue weighted by molar-refractivity contribution is 14.0. The molecule has 30 heavy (non-hydrogen) atoms. The molecule has 2 aromatic carbocycles. The number of anilines is 1. The van der Waals surface area contributed by atoms with Gasteiger partial charge >= 0.3 is 0 Å². The van der Waals surface area contributed by atoms with E-state index in [-0.39, 0.29) is 35.8 Å². The third kappa shape index (κ3) is 6.35. The summed E-state index contributed by atoms with van der Waals surface area (Å²) in [5.74, 6) is 1.81. The first-order chi connectivity index (χ1) is 14.1. The molecular formula is C23H31IN4O2. The van der Waals surface area contributed by atoms with E-state index in [9.17, 15) is 4.79 Å². The summed E-state index contributed by atoms with van der Waals surface area (Å²) in [6, 6.07) is 14.1. The fourth-order valence-electron chi connectivity index (χ4n) is 3.56. The van der Waals surface area contributed by atoms with Gasteiger partial charge in [-0.2, -0.15) is 0 Å². The van der Waals surface area contributed by atoms with Crippen molar-refractivity contribution in [1.29, 1.82) is 0 Å². The Morgan fingerprint density at radius 2 is 1.87 bits per heavy atom. The lowest BCUT2D eigenvalue weighted by Crippen LogP contribution is -2.39. The number of benzene rings is 2. The van der Waals surface area contributed by atoms with Crippen molar-refractivity contribution in [3.8, 4) is 5.75 Å². The molecule has 0 fully saturated rings. The van der Waals surface area contributed by atoms with Gasteiger partial charge in [0.25, 0.3) is 0 Å². The number of fused-ring (bicyclic) bond motifs is 1. The number of carbonyl (C=O) groups is 1. The number of hydrogen-bond donors (Lipinski definition) is 3. The number of amides is 1. The molecule has 0 aromatic heterocycles. The molecule has 1 atom stereocenters. The molecule has 7 heteroatoms. The number of hydrogen-bond acceptors (Lipinski definition) is 3. The predicted octanol–water partition coefficient (Wildman–Crippen LogP) is 3.98. The number of rotatable bonds is 7. The van der Waals surface area contributed by atoms with Crippen molar-refractivity contribution in [2.45, 2.75) is 33.1 Å². The van der Waals surface area contributed by atoms with Crippen LogP contribution in [0.3, 0.4) is 0 Å². The number of halogens is 1. The standard InChI is InChI=1S/C23H30N4O2.HI/c1-4-24-23(25-12-13-29-22-16(2)8-7-9-17(22)3)26-15-18-14-21(28)27-20-11-6-5-10-19(18)20;/h5-11,18H,4,12-15H2,1-3H3,(H,27,28)(H2,24,25,26);1H. The molecule has 3 rings (SSSR count). The highest BCUT2D eigenvalue weighted by atomic mass is 127. The molecule has 2 aromatic rings. The molecule has 0 saturated heterocycles. The summed E-state index contributed by atoms with van der Waals surface area (Å²) in [6.07, 6.45) is 0.454. The lowest BCUT2D eigenvalue weighted by molar-refractivity contribution is -0.116. The van der Waals surface area contributed by atoms with Crippen molar-refractivity contribution < 1.29 is 9.53 Å². The molecule has 1 amide bonds. The second-order valence-electron chi connectivity index (χ2n) is 7.25. The Bertz CT molecular complexity index is 865. The van der Waals surface area contributed by atoms with Gasteiger partial charge in [-0.25, -0.2) is 0 Å². The fourth-order valence-corrected chi connectivity index (χ4v) is 3.56. The van der Waals surface area contributed by atoms with Gasteiger partial charge in [0, 0.05) is 24.6 Å². The van der Waals surface area contributed by atoms with E-state index in [0.29, 0.717) is 26.1 Å². The van der Waals surface area contributed by atoms with E-state index < -0.39 is 0 Å². The summed E-state index contributed by atoms with van der Waals surface area (Å²) in [7, 11) is 0. The van der Waals surface area contributed by atoms with Crippen LogP contribution in [-0.2, 0) is 4.79 Å². The van der Waals surface area contributed by atoms with Gasteiger partial charge in [-0.1, -0.05) is 36.4 Å². The van der Waals surface area contributed by atoms with Crippen LogP contribution in [0, 0.1) is 13.8 Å². The van der Waals surface area contributed by atoms with Crippen LogP contribution in [0.4, 0.5) is 5.69 Å². The van der Waals surface area contributed by atoms with Crippen LogP contribution >= 0.6 is 24.0 Å². The Morgan fingerprint density at radius 3 is 2.60 bits per heavy atom. The molecule has 3 N–H and O–H groups in total. The summed E-state index contributed by atoms with van der Waals surface area (Å²) in [5, 5.41) is 9.51. The number of carbonyl (C=O) groups excluding carboxylic acids is 1. The number of guanidine groups is 1. The van der Waals surface area contributed by atoms with Crippen LogP contribution in [0.25, 0.3) is 0 Å². The first-order valence-electron chi connectivity index (χ1n) is 10.2. The van der Waals surface area contributed by atoms with Crippen molar-refractivity contribution in [2.24, 2.45) is 4.99 Å². The van der Waals surface area contributed by atoms with Crippen LogP contribution in [0.2, 0.25) is 0 Å². The van der Waals surface area contributed by atoms with E-state index in [4.69, 9.17) is 9.73 Å². The van der Waals surface area contributed by atoms with Gasteiger partial charge in [0.05, 0.1) is 13.1 Å². The number of aryl methyl sites for hydroxylation is 2. The van der Waals surface area contributed by atoms with Crippen LogP contribution in [0.1, 0.15) is 36.0 Å². The van der Waals surface area contributed by atoms with Crippen LogP contribution < -0.4 is 20.7 Å². The maximum atomic E-state index is 12.0.